The van der Waals surface area contributed by atoms with Gasteiger partial charge in [0.2, 0.25) is 0 Å². The van der Waals surface area contributed by atoms with E-state index in [9.17, 15) is 0 Å². The minimum Gasteiger partial charge on any atom is -0.320 e. The minimum atomic E-state index is 0.407. The van der Waals surface area contributed by atoms with E-state index in [1.165, 1.54) is 21.6 Å². The van der Waals surface area contributed by atoms with Gasteiger partial charge in [0.05, 0.1) is 6.54 Å². The van der Waals surface area contributed by atoms with Crippen LogP contribution in [-0.2, 0) is 5.75 Å². The molecule has 0 heterocycles. The van der Waals surface area contributed by atoms with E-state index < -0.39 is 0 Å². The third-order valence-electron chi connectivity index (χ3n) is 3.01. The van der Waals surface area contributed by atoms with Gasteiger partial charge in [-0.05, 0) is 43.2 Å². The maximum absolute atomic E-state index is 5.37. The standard InChI is InChI=1S/C18H19NS/c1-14-5-10-18(15(2)12-14)20-13-17-8-6-16(7-9-17)4-3-11-19/h5-10,12H,11,13,19H2,1-2H3. The number of hydrogen-bond acceptors (Lipinski definition) is 2. The Labute approximate surface area is 125 Å². The van der Waals surface area contributed by atoms with Gasteiger partial charge in [0.25, 0.3) is 0 Å². The molecule has 2 aromatic rings. The normalized spacial score (nSPS) is 9.95. The van der Waals surface area contributed by atoms with Gasteiger partial charge in [-0.3, -0.25) is 0 Å². The van der Waals surface area contributed by atoms with Crippen LogP contribution in [0.4, 0.5) is 0 Å². The average molecular weight is 281 g/mol. The first-order valence-electron chi connectivity index (χ1n) is 6.67. The molecule has 1 nitrogen and oxygen atoms in total. The van der Waals surface area contributed by atoms with E-state index in [-0.39, 0.29) is 0 Å². The van der Waals surface area contributed by atoms with Gasteiger partial charge in [-0.2, -0.15) is 0 Å². The van der Waals surface area contributed by atoms with Crippen molar-refractivity contribution in [2.24, 2.45) is 5.73 Å². The second kappa shape index (κ2) is 7.19. The van der Waals surface area contributed by atoms with Gasteiger partial charge in [-0.15, -0.1) is 11.8 Å². The van der Waals surface area contributed by atoms with Crippen LogP contribution >= 0.6 is 11.8 Å². The zero-order chi connectivity index (χ0) is 14.4. The molecule has 2 aromatic carbocycles. The largest absolute Gasteiger partial charge is 0.320 e. The van der Waals surface area contributed by atoms with Crippen LogP contribution in [0.1, 0.15) is 22.3 Å². The maximum Gasteiger partial charge on any atom is 0.0555 e. The highest BCUT2D eigenvalue weighted by Gasteiger charge is 2.00. The molecule has 2 heteroatoms. The molecule has 0 fully saturated rings. The summed E-state index contributed by atoms with van der Waals surface area (Å²) in [4.78, 5) is 1.35. The lowest BCUT2D eigenvalue weighted by atomic mass is 10.1. The number of thioether (sulfide) groups is 1. The highest BCUT2D eigenvalue weighted by Crippen LogP contribution is 2.26. The summed E-state index contributed by atoms with van der Waals surface area (Å²) < 4.78 is 0. The zero-order valence-electron chi connectivity index (χ0n) is 11.9. The Hall–Kier alpha value is -1.69. The van der Waals surface area contributed by atoms with Crippen molar-refractivity contribution in [1.29, 1.82) is 0 Å². The minimum absolute atomic E-state index is 0.407. The molecule has 0 aromatic heterocycles. The molecule has 0 radical (unpaired) electrons. The zero-order valence-corrected chi connectivity index (χ0v) is 12.8. The van der Waals surface area contributed by atoms with Crippen molar-refractivity contribution >= 4 is 11.8 Å². The Morgan fingerprint density at radius 3 is 2.45 bits per heavy atom. The van der Waals surface area contributed by atoms with Gasteiger partial charge in [-0.1, -0.05) is 41.7 Å². The van der Waals surface area contributed by atoms with E-state index in [0.717, 1.165) is 11.3 Å². The molecule has 0 saturated carbocycles. The molecule has 102 valence electrons. The van der Waals surface area contributed by atoms with Crippen molar-refractivity contribution in [2.45, 2.75) is 24.5 Å². The van der Waals surface area contributed by atoms with Crippen molar-refractivity contribution < 1.29 is 0 Å². The SMILES string of the molecule is Cc1ccc(SCc2ccc(C#CCN)cc2)c(C)c1. The summed E-state index contributed by atoms with van der Waals surface area (Å²) in [5, 5.41) is 0. The van der Waals surface area contributed by atoms with Gasteiger partial charge in [0, 0.05) is 16.2 Å². The van der Waals surface area contributed by atoms with Crippen LogP contribution in [0, 0.1) is 25.7 Å². The first-order valence-corrected chi connectivity index (χ1v) is 7.65. The van der Waals surface area contributed by atoms with Crippen LogP contribution in [0.25, 0.3) is 0 Å². The Bertz CT molecular complexity index is 633. The molecule has 0 aliphatic carbocycles. The summed E-state index contributed by atoms with van der Waals surface area (Å²) in [5.74, 6) is 6.89. The summed E-state index contributed by atoms with van der Waals surface area (Å²) in [5.41, 5.74) is 10.4. The number of rotatable bonds is 3. The highest BCUT2D eigenvalue weighted by molar-refractivity contribution is 7.98. The molecule has 0 bridgehead atoms. The number of hydrogen-bond donors (Lipinski definition) is 1. The fourth-order valence-electron chi connectivity index (χ4n) is 1.96. The van der Waals surface area contributed by atoms with E-state index in [0.29, 0.717) is 6.54 Å². The molecule has 2 rings (SSSR count). The second-order valence-electron chi connectivity index (χ2n) is 4.76. The van der Waals surface area contributed by atoms with Gasteiger partial charge in [0.1, 0.15) is 0 Å². The molecular weight excluding hydrogens is 262 g/mol. The van der Waals surface area contributed by atoms with Crippen molar-refractivity contribution in [3.63, 3.8) is 0 Å². The van der Waals surface area contributed by atoms with E-state index in [2.05, 4.69) is 68.2 Å². The van der Waals surface area contributed by atoms with E-state index >= 15 is 0 Å². The Balaban J connectivity index is 2.00. The van der Waals surface area contributed by atoms with Gasteiger partial charge in [-0.25, -0.2) is 0 Å². The van der Waals surface area contributed by atoms with Gasteiger partial charge in [0.15, 0.2) is 0 Å². The molecule has 2 N–H and O–H groups in total. The van der Waals surface area contributed by atoms with Crippen molar-refractivity contribution in [3.8, 4) is 11.8 Å². The summed E-state index contributed by atoms with van der Waals surface area (Å²) in [6, 6.07) is 15.0. The molecule has 0 amide bonds. The molecule has 0 unspecified atom stereocenters. The molecule has 0 aliphatic heterocycles. The lowest BCUT2D eigenvalue weighted by Crippen LogP contribution is -1.93. The molecule has 0 spiro atoms. The summed E-state index contributed by atoms with van der Waals surface area (Å²) in [6.45, 7) is 4.70. The predicted octanol–water partition coefficient (Wildman–Crippen LogP) is 3.91. The summed E-state index contributed by atoms with van der Waals surface area (Å²) >= 11 is 1.88. The quantitative estimate of drug-likeness (QED) is 0.682. The van der Waals surface area contributed by atoms with Crippen LogP contribution < -0.4 is 5.73 Å². The van der Waals surface area contributed by atoms with Crippen LogP contribution in [0.5, 0.6) is 0 Å². The Morgan fingerprint density at radius 1 is 1.05 bits per heavy atom. The first kappa shape index (κ1) is 14.7. The lowest BCUT2D eigenvalue weighted by Gasteiger charge is -2.06. The molecule has 20 heavy (non-hydrogen) atoms. The lowest BCUT2D eigenvalue weighted by molar-refractivity contribution is 1.25. The van der Waals surface area contributed by atoms with E-state index in [1.54, 1.807) is 0 Å². The molecule has 0 saturated heterocycles. The van der Waals surface area contributed by atoms with Crippen molar-refractivity contribution in [1.82, 2.24) is 0 Å². The maximum atomic E-state index is 5.37. The van der Waals surface area contributed by atoms with Crippen LogP contribution in [0.2, 0.25) is 0 Å². The highest BCUT2D eigenvalue weighted by atomic mass is 32.2. The topological polar surface area (TPSA) is 26.0 Å². The molecule has 0 aliphatic rings. The fraction of sp³-hybridized carbons (Fsp3) is 0.222. The second-order valence-corrected chi connectivity index (χ2v) is 5.78. The van der Waals surface area contributed by atoms with E-state index in [1.807, 2.05) is 11.8 Å². The first-order chi connectivity index (χ1) is 9.69. The van der Waals surface area contributed by atoms with Crippen molar-refractivity contribution in [2.75, 3.05) is 6.54 Å². The summed E-state index contributed by atoms with van der Waals surface area (Å²) in [7, 11) is 0. The average Bonchev–Trinajstić information content (AvgIpc) is 2.45. The molecule has 0 atom stereocenters. The van der Waals surface area contributed by atoms with Crippen LogP contribution in [0.3, 0.4) is 0 Å². The van der Waals surface area contributed by atoms with Gasteiger partial charge < -0.3 is 5.73 Å². The number of aryl methyl sites for hydroxylation is 2. The van der Waals surface area contributed by atoms with Crippen LogP contribution in [-0.4, -0.2) is 6.54 Å². The smallest absolute Gasteiger partial charge is 0.0555 e. The predicted molar refractivity (Wildman–Crippen MR) is 87.9 cm³/mol. The number of nitrogens with two attached hydrogens (primary N) is 1. The Morgan fingerprint density at radius 2 is 1.80 bits per heavy atom. The summed E-state index contributed by atoms with van der Waals surface area (Å²) in [6.07, 6.45) is 0. The molecular formula is C18H19NS. The third kappa shape index (κ3) is 4.16. The van der Waals surface area contributed by atoms with E-state index in [4.69, 9.17) is 5.73 Å². The van der Waals surface area contributed by atoms with Crippen LogP contribution in [0.15, 0.2) is 47.4 Å². The third-order valence-corrected chi connectivity index (χ3v) is 4.26. The van der Waals surface area contributed by atoms with Gasteiger partial charge >= 0.3 is 0 Å². The van der Waals surface area contributed by atoms with Crippen molar-refractivity contribution in [3.05, 3.63) is 64.7 Å². The fourth-order valence-corrected chi connectivity index (χ4v) is 2.93. The monoisotopic (exact) mass is 281 g/mol. The Kier molecular flexibility index (Phi) is 5.29. The number of benzene rings is 2.